The lowest BCUT2D eigenvalue weighted by Crippen LogP contribution is -2.41. The summed E-state index contributed by atoms with van der Waals surface area (Å²) in [6, 6.07) is 2.28. The van der Waals surface area contributed by atoms with Crippen molar-refractivity contribution < 1.29 is 32.0 Å². The number of hydrogen-bond donors (Lipinski definition) is 0. The lowest BCUT2D eigenvalue weighted by molar-refractivity contribution is -0.287. The molecule has 3 rings (SSSR count). The average molecular weight is 302 g/mol. The third-order valence-electron chi connectivity index (χ3n) is 4.01. The molecule has 0 amide bonds. The average Bonchev–Trinajstić information content (AvgIpc) is 2.72. The zero-order chi connectivity index (χ0) is 15.6. The van der Waals surface area contributed by atoms with Crippen LogP contribution in [0.25, 0.3) is 0 Å². The maximum atomic E-state index is 13.9. The molecule has 1 saturated heterocycles. The topological polar surface area (TPSA) is 36.9 Å². The summed E-state index contributed by atoms with van der Waals surface area (Å²) in [6.07, 6.45) is -3.86. The molecule has 1 fully saturated rings. The molecule has 2 heterocycles. The van der Waals surface area contributed by atoms with Crippen molar-refractivity contribution in [1.29, 1.82) is 0 Å². The molecular formula is C13H14BF3O4. The fraction of sp³-hybridized carbons (Fsp3) is 0.538. The Bertz CT molecular complexity index is 587. The number of ether oxygens (including phenoxy) is 2. The third kappa shape index (κ3) is 2.26. The van der Waals surface area contributed by atoms with E-state index in [1.54, 1.807) is 0 Å². The zero-order valence-corrected chi connectivity index (χ0v) is 12.0. The van der Waals surface area contributed by atoms with Crippen molar-refractivity contribution in [3.63, 3.8) is 0 Å². The molecule has 1 aromatic rings. The smallest absolute Gasteiger partial charge is 0.399 e. The van der Waals surface area contributed by atoms with Gasteiger partial charge in [-0.25, -0.2) is 4.39 Å². The second kappa shape index (κ2) is 4.07. The summed E-state index contributed by atoms with van der Waals surface area (Å²) in [5.74, 6) is -1.93. The van der Waals surface area contributed by atoms with Crippen LogP contribution in [0.4, 0.5) is 13.2 Å². The van der Waals surface area contributed by atoms with Crippen molar-refractivity contribution in [2.75, 3.05) is 0 Å². The standard InChI is InChI=1S/C13H14BF3O4/c1-11(2)12(3,4)21-14(20-11)7-5-8(15)10-9(6-7)18-13(16,17)19-10/h5-6H,1-4H3. The Morgan fingerprint density at radius 1 is 0.952 bits per heavy atom. The van der Waals surface area contributed by atoms with Crippen molar-refractivity contribution in [3.8, 4) is 11.5 Å². The predicted molar refractivity (Wildman–Crippen MR) is 68.3 cm³/mol. The second-order valence-electron chi connectivity index (χ2n) is 6.09. The van der Waals surface area contributed by atoms with Crippen molar-refractivity contribution in [3.05, 3.63) is 17.9 Å². The summed E-state index contributed by atoms with van der Waals surface area (Å²) in [5.41, 5.74) is -0.977. The van der Waals surface area contributed by atoms with Gasteiger partial charge in [-0.2, -0.15) is 0 Å². The molecule has 0 atom stereocenters. The molecule has 0 unspecified atom stereocenters. The first-order chi connectivity index (χ1) is 9.51. The van der Waals surface area contributed by atoms with E-state index in [-0.39, 0.29) is 11.2 Å². The van der Waals surface area contributed by atoms with Crippen molar-refractivity contribution >= 4 is 12.6 Å². The largest absolute Gasteiger partial charge is 0.586 e. The SMILES string of the molecule is CC1(C)OB(c2cc(F)c3c(c2)OC(F)(F)O3)OC1(C)C. The molecule has 4 nitrogen and oxygen atoms in total. The maximum Gasteiger partial charge on any atom is 0.586 e. The van der Waals surface area contributed by atoms with Gasteiger partial charge in [-0.05, 0) is 45.3 Å². The summed E-state index contributed by atoms with van der Waals surface area (Å²) in [4.78, 5) is 0. The molecule has 2 aliphatic rings. The van der Waals surface area contributed by atoms with Gasteiger partial charge in [0, 0.05) is 0 Å². The summed E-state index contributed by atoms with van der Waals surface area (Å²) in [6.45, 7) is 7.35. The summed E-state index contributed by atoms with van der Waals surface area (Å²) < 4.78 is 59.8. The van der Waals surface area contributed by atoms with Crippen molar-refractivity contribution in [2.24, 2.45) is 0 Å². The van der Waals surface area contributed by atoms with Crippen LogP contribution in [0.5, 0.6) is 11.5 Å². The number of fused-ring (bicyclic) bond motifs is 1. The van der Waals surface area contributed by atoms with E-state index < -0.39 is 36.2 Å². The molecule has 114 valence electrons. The van der Waals surface area contributed by atoms with Gasteiger partial charge in [0.1, 0.15) is 0 Å². The number of halogens is 3. The first kappa shape index (κ1) is 14.5. The summed E-state index contributed by atoms with van der Waals surface area (Å²) >= 11 is 0. The fourth-order valence-electron chi connectivity index (χ4n) is 2.15. The highest BCUT2D eigenvalue weighted by atomic mass is 19.3. The fourth-order valence-corrected chi connectivity index (χ4v) is 2.15. The van der Waals surface area contributed by atoms with Gasteiger partial charge in [0.15, 0.2) is 11.6 Å². The van der Waals surface area contributed by atoms with Crippen molar-refractivity contribution in [1.82, 2.24) is 0 Å². The summed E-state index contributed by atoms with van der Waals surface area (Å²) in [7, 11) is -0.868. The minimum atomic E-state index is -3.86. The van der Waals surface area contributed by atoms with Crippen LogP contribution < -0.4 is 14.9 Å². The molecule has 0 radical (unpaired) electrons. The lowest BCUT2D eigenvalue weighted by Gasteiger charge is -2.32. The molecule has 21 heavy (non-hydrogen) atoms. The second-order valence-corrected chi connectivity index (χ2v) is 6.09. The van der Waals surface area contributed by atoms with E-state index in [0.29, 0.717) is 0 Å². The van der Waals surface area contributed by atoms with Gasteiger partial charge in [-0.15, -0.1) is 8.78 Å². The quantitative estimate of drug-likeness (QED) is 0.747. The van der Waals surface area contributed by atoms with E-state index in [4.69, 9.17) is 9.31 Å². The Hall–Kier alpha value is -1.41. The minimum Gasteiger partial charge on any atom is -0.399 e. The Morgan fingerprint density at radius 2 is 1.52 bits per heavy atom. The first-order valence-corrected chi connectivity index (χ1v) is 6.46. The van der Waals surface area contributed by atoms with E-state index in [1.165, 1.54) is 6.07 Å². The van der Waals surface area contributed by atoms with Crippen molar-refractivity contribution in [2.45, 2.75) is 45.2 Å². The number of benzene rings is 1. The Morgan fingerprint density at radius 3 is 2.10 bits per heavy atom. The molecule has 8 heteroatoms. The summed E-state index contributed by atoms with van der Waals surface area (Å²) in [5, 5.41) is 0. The molecule has 0 aliphatic carbocycles. The van der Waals surface area contributed by atoms with Gasteiger partial charge in [0.25, 0.3) is 0 Å². The molecule has 0 N–H and O–H groups in total. The van der Waals surface area contributed by atoms with Gasteiger partial charge in [0.2, 0.25) is 5.75 Å². The van der Waals surface area contributed by atoms with Gasteiger partial charge in [-0.1, -0.05) is 0 Å². The molecule has 1 aromatic carbocycles. The highest BCUT2D eigenvalue weighted by molar-refractivity contribution is 6.62. The van der Waals surface area contributed by atoms with E-state index in [1.807, 2.05) is 27.7 Å². The number of rotatable bonds is 1. The third-order valence-corrected chi connectivity index (χ3v) is 4.01. The normalized spacial score (nSPS) is 24.4. The molecular weight excluding hydrogens is 288 g/mol. The molecule has 0 bridgehead atoms. The monoisotopic (exact) mass is 302 g/mol. The first-order valence-electron chi connectivity index (χ1n) is 6.46. The minimum absolute atomic E-state index is 0.256. The zero-order valence-electron chi connectivity index (χ0n) is 12.0. The molecule has 0 spiro atoms. The lowest BCUT2D eigenvalue weighted by atomic mass is 9.79. The Balaban J connectivity index is 1.95. The van der Waals surface area contributed by atoms with E-state index in [2.05, 4.69) is 9.47 Å². The van der Waals surface area contributed by atoms with Crippen LogP contribution >= 0.6 is 0 Å². The molecule has 0 aromatic heterocycles. The van der Waals surface area contributed by atoms with Crippen LogP contribution in [0.1, 0.15) is 27.7 Å². The van der Waals surface area contributed by atoms with Crippen LogP contribution in [0.2, 0.25) is 0 Å². The maximum absolute atomic E-state index is 13.9. The molecule has 0 saturated carbocycles. The van der Waals surface area contributed by atoms with Crippen LogP contribution in [0.3, 0.4) is 0 Å². The highest BCUT2D eigenvalue weighted by Gasteiger charge is 2.53. The number of hydrogen-bond acceptors (Lipinski definition) is 4. The van der Waals surface area contributed by atoms with Crippen LogP contribution in [-0.2, 0) is 9.31 Å². The van der Waals surface area contributed by atoms with Crippen LogP contribution in [-0.4, -0.2) is 24.6 Å². The van der Waals surface area contributed by atoms with Gasteiger partial charge in [0.05, 0.1) is 11.2 Å². The predicted octanol–water partition coefficient (Wildman–Crippen LogP) is 2.45. The highest BCUT2D eigenvalue weighted by Crippen LogP contribution is 2.43. The Labute approximate surface area is 120 Å². The molecule has 2 aliphatic heterocycles. The van der Waals surface area contributed by atoms with Crippen LogP contribution in [0, 0.1) is 5.82 Å². The van der Waals surface area contributed by atoms with E-state index in [9.17, 15) is 13.2 Å². The van der Waals surface area contributed by atoms with Gasteiger partial charge in [-0.3, -0.25) is 0 Å². The van der Waals surface area contributed by atoms with Gasteiger partial charge >= 0.3 is 13.4 Å². The van der Waals surface area contributed by atoms with Crippen LogP contribution in [0.15, 0.2) is 12.1 Å². The van der Waals surface area contributed by atoms with E-state index in [0.717, 1.165) is 6.07 Å². The number of alkyl halides is 2. The van der Waals surface area contributed by atoms with E-state index >= 15 is 0 Å². The Kier molecular flexibility index (Phi) is 2.82. The van der Waals surface area contributed by atoms with Gasteiger partial charge < -0.3 is 18.8 Å².